The molecule has 4 heterocycles. The van der Waals surface area contributed by atoms with Gasteiger partial charge >= 0.3 is 5.97 Å². The van der Waals surface area contributed by atoms with Gasteiger partial charge in [-0.15, -0.1) is 0 Å². The SMILES string of the molecule is CCC(=O)N1CCC(C(=O)OC2c3ccccc3C(=O)N2c2ccc3ccc(Cl)nc3n2)CC1. The van der Waals surface area contributed by atoms with E-state index in [2.05, 4.69) is 9.97 Å². The first-order chi connectivity index (χ1) is 16.5. The van der Waals surface area contributed by atoms with Gasteiger partial charge in [0.15, 0.2) is 5.65 Å². The summed E-state index contributed by atoms with van der Waals surface area (Å²) < 4.78 is 5.95. The molecule has 2 amide bonds. The summed E-state index contributed by atoms with van der Waals surface area (Å²) in [6, 6.07) is 14.1. The quantitative estimate of drug-likeness (QED) is 0.413. The molecule has 3 aromatic rings. The molecule has 0 saturated carbocycles. The first kappa shape index (κ1) is 22.3. The van der Waals surface area contributed by atoms with Crippen molar-refractivity contribution < 1.29 is 19.1 Å². The molecule has 0 N–H and O–H groups in total. The Balaban J connectivity index is 1.43. The van der Waals surface area contributed by atoms with Gasteiger partial charge in [-0.2, -0.15) is 0 Å². The number of esters is 1. The van der Waals surface area contributed by atoms with Crippen molar-refractivity contribution in [2.45, 2.75) is 32.4 Å². The molecule has 1 atom stereocenters. The lowest BCUT2D eigenvalue weighted by molar-refractivity contribution is -0.156. The number of amides is 2. The average molecular weight is 479 g/mol. The maximum absolute atomic E-state index is 13.3. The zero-order valence-electron chi connectivity index (χ0n) is 18.6. The largest absolute Gasteiger partial charge is 0.436 e. The van der Waals surface area contributed by atoms with Crippen LogP contribution >= 0.6 is 11.6 Å². The van der Waals surface area contributed by atoms with Crippen molar-refractivity contribution in [1.82, 2.24) is 14.9 Å². The van der Waals surface area contributed by atoms with Crippen LogP contribution in [0.4, 0.5) is 5.82 Å². The summed E-state index contributed by atoms with van der Waals surface area (Å²) in [7, 11) is 0. The van der Waals surface area contributed by atoms with Crippen molar-refractivity contribution in [3.8, 4) is 0 Å². The van der Waals surface area contributed by atoms with Crippen LogP contribution < -0.4 is 4.90 Å². The summed E-state index contributed by atoms with van der Waals surface area (Å²) in [5.41, 5.74) is 1.47. The van der Waals surface area contributed by atoms with Crippen LogP contribution in [-0.2, 0) is 14.3 Å². The van der Waals surface area contributed by atoms with Gasteiger partial charge in [-0.1, -0.05) is 36.7 Å². The first-order valence-corrected chi connectivity index (χ1v) is 11.7. The minimum absolute atomic E-state index is 0.0874. The Hall–Kier alpha value is -3.52. The van der Waals surface area contributed by atoms with Crippen LogP contribution in [-0.4, -0.2) is 45.7 Å². The predicted molar refractivity (Wildman–Crippen MR) is 126 cm³/mol. The normalized spacial score (nSPS) is 18.3. The monoisotopic (exact) mass is 478 g/mol. The standard InChI is InChI=1S/C25H23ClN4O4/c1-2-21(31)29-13-11-16(12-14-29)25(33)34-24-18-6-4-3-5-17(18)23(32)30(24)20-10-8-15-7-9-19(26)27-22(15)28-20/h3-10,16,24H,2,11-14H2,1H3. The molecule has 1 fully saturated rings. The number of carbonyl (C=O) groups excluding carboxylic acids is 3. The fraction of sp³-hybridized carbons (Fsp3) is 0.320. The maximum Gasteiger partial charge on any atom is 0.311 e. The first-order valence-electron chi connectivity index (χ1n) is 11.3. The average Bonchev–Trinajstić information content (AvgIpc) is 3.14. The van der Waals surface area contributed by atoms with E-state index in [9.17, 15) is 14.4 Å². The van der Waals surface area contributed by atoms with Gasteiger partial charge in [-0.3, -0.25) is 19.3 Å². The highest BCUT2D eigenvalue weighted by atomic mass is 35.5. The molecule has 34 heavy (non-hydrogen) atoms. The Kier molecular flexibility index (Phi) is 5.91. The molecule has 9 heteroatoms. The topological polar surface area (TPSA) is 92.7 Å². The number of rotatable bonds is 4. The molecule has 2 aliphatic rings. The van der Waals surface area contributed by atoms with Crippen LogP contribution in [0.5, 0.6) is 0 Å². The Labute approximate surface area is 201 Å². The summed E-state index contributed by atoms with van der Waals surface area (Å²) in [5, 5.41) is 1.07. The summed E-state index contributed by atoms with van der Waals surface area (Å²) in [4.78, 5) is 50.4. The van der Waals surface area contributed by atoms with Gasteiger partial charge < -0.3 is 9.64 Å². The lowest BCUT2D eigenvalue weighted by atomic mass is 9.96. The molecule has 2 aromatic heterocycles. The van der Waals surface area contributed by atoms with E-state index in [1.807, 2.05) is 6.92 Å². The molecule has 0 bridgehead atoms. The fourth-order valence-corrected chi connectivity index (χ4v) is 4.66. The number of pyridine rings is 2. The zero-order chi connectivity index (χ0) is 23.8. The number of fused-ring (bicyclic) bond motifs is 2. The molecular weight excluding hydrogens is 456 g/mol. The highest BCUT2D eigenvalue weighted by Gasteiger charge is 2.42. The number of nitrogens with zero attached hydrogens (tertiary/aromatic N) is 4. The molecule has 8 nitrogen and oxygen atoms in total. The lowest BCUT2D eigenvalue weighted by Gasteiger charge is -2.32. The minimum atomic E-state index is -0.935. The lowest BCUT2D eigenvalue weighted by Crippen LogP contribution is -2.41. The number of anilines is 1. The van der Waals surface area contributed by atoms with Gasteiger partial charge in [0.25, 0.3) is 5.91 Å². The van der Waals surface area contributed by atoms with E-state index in [0.717, 1.165) is 5.39 Å². The van der Waals surface area contributed by atoms with Crippen LogP contribution in [0, 0.1) is 5.92 Å². The molecule has 1 aromatic carbocycles. The number of halogens is 1. The Bertz CT molecular complexity index is 1290. The van der Waals surface area contributed by atoms with E-state index in [-0.39, 0.29) is 23.7 Å². The molecule has 2 aliphatic heterocycles. The number of piperidine rings is 1. The van der Waals surface area contributed by atoms with Gasteiger partial charge in [0, 0.05) is 36.0 Å². The van der Waals surface area contributed by atoms with Crippen molar-refractivity contribution in [1.29, 1.82) is 0 Å². The second-order valence-corrected chi connectivity index (χ2v) is 8.80. The number of ether oxygens (including phenoxy) is 1. The molecule has 5 rings (SSSR count). The minimum Gasteiger partial charge on any atom is -0.436 e. The van der Waals surface area contributed by atoms with E-state index in [0.29, 0.717) is 60.1 Å². The summed E-state index contributed by atoms with van der Waals surface area (Å²) in [6.07, 6.45) is 0.576. The van der Waals surface area contributed by atoms with Crippen molar-refractivity contribution in [2.24, 2.45) is 5.92 Å². The second-order valence-electron chi connectivity index (χ2n) is 8.41. The molecule has 1 saturated heterocycles. The fourth-order valence-electron chi connectivity index (χ4n) is 4.52. The van der Waals surface area contributed by atoms with Crippen LogP contribution in [0.1, 0.15) is 48.3 Å². The molecule has 0 aliphatic carbocycles. The smallest absolute Gasteiger partial charge is 0.311 e. The number of benzene rings is 1. The Morgan fingerprint density at radius 3 is 2.56 bits per heavy atom. The van der Waals surface area contributed by atoms with E-state index in [1.165, 1.54) is 4.90 Å². The third-order valence-electron chi connectivity index (χ3n) is 6.37. The highest BCUT2D eigenvalue weighted by molar-refractivity contribution is 6.29. The third-order valence-corrected chi connectivity index (χ3v) is 6.58. The predicted octanol–water partition coefficient (Wildman–Crippen LogP) is 4.13. The number of hydrogen-bond acceptors (Lipinski definition) is 6. The van der Waals surface area contributed by atoms with Crippen molar-refractivity contribution in [2.75, 3.05) is 18.0 Å². The molecular formula is C25H23ClN4O4. The number of likely N-dealkylation sites (tertiary alicyclic amines) is 1. The third kappa shape index (κ3) is 3.98. The van der Waals surface area contributed by atoms with Gasteiger partial charge in [0.1, 0.15) is 11.0 Å². The molecule has 1 unspecified atom stereocenters. The van der Waals surface area contributed by atoms with Crippen molar-refractivity contribution in [3.05, 3.63) is 64.8 Å². The highest BCUT2D eigenvalue weighted by Crippen LogP contribution is 2.39. The van der Waals surface area contributed by atoms with E-state index in [1.54, 1.807) is 53.4 Å². The number of aromatic nitrogens is 2. The summed E-state index contributed by atoms with van der Waals surface area (Å²) >= 11 is 6.03. The van der Waals surface area contributed by atoms with Crippen LogP contribution in [0.15, 0.2) is 48.5 Å². The van der Waals surface area contributed by atoms with Crippen LogP contribution in [0.3, 0.4) is 0 Å². The van der Waals surface area contributed by atoms with E-state index < -0.39 is 6.23 Å². The molecule has 174 valence electrons. The molecule has 0 radical (unpaired) electrons. The Morgan fingerprint density at radius 2 is 1.79 bits per heavy atom. The number of hydrogen-bond donors (Lipinski definition) is 0. The van der Waals surface area contributed by atoms with Gasteiger partial charge in [0.05, 0.1) is 5.92 Å². The summed E-state index contributed by atoms with van der Waals surface area (Å²) in [5.74, 6) is -0.611. The van der Waals surface area contributed by atoms with Gasteiger partial charge in [-0.25, -0.2) is 9.97 Å². The zero-order valence-corrected chi connectivity index (χ0v) is 19.4. The van der Waals surface area contributed by atoms with Crippen LogP contribution in [0.2, 0.25) is 5.15 Å². The van der Waals surface area contributed by atoms with Crippen LogP contribution in [0.25, 0.3) is 11.0 Å². The summed E-state index contributed by atoms with van der Waals surface area (Å²) in [6.45, 7) is 2.88. The Morgan fingerprint density at radius 1 is 1.06 bits per heavy atom. The van der Waals surface area contributed by atoms with E-state index >= 15 is 0 Å². The molecule has 0 spiro atoms. The van der Waals surface area contributed by atoms with Crippen molar-refractivity contribution >= 4 is 46.2 Å². The van der Waals surface area contributed by atoms with E-state index in [4.69, 9.17) is 16.3 Å². The number of carbonyl (C=O) groups is 3. The second kappa shape index (κ2) is 9.02. The van der Waals surface area contributed by atoms with Gasteiger partial charge in [-0.05, 0) is 43.2 Å². The van der Waals surface area contributed by atoms with Crippen molar-refractivity contribution in [3.63, 3.8) is 0 Å². The maximum atomic E-state index is 13.3. The van der Waals surface area contributed by atoms with Gasteiger partial charge in [0.2, 0.25) is 12.1 Å².